The minimum absolute atomic E-state index is 0.703. The normalized spacial score (nSPS) is 16.3. The Bertz CT molecular complexity index is 1240. The molecule has 0 atom stereocenters. The van der Waals surface area contributed by atoms with Gasteiger partial charge >= 0.3 is 0 Å². The fraction of sp³-hybridized carbons (Fsp3) is 0.200. The van der Waals surface area contributed by atoms with Gasteiger partial charge in [-0.3, -0.25) is 9.59 Å². The van der Waals surface area contributed by atoms with Crippen LogP contribution >= 0.6 is 0 Å². The Hall–Kier alpha value is -4.56. The van der Waals surface area contributed by atoms with E-state index in [9.17, 15) is 9.59 Å². The fourth-order valence-corrected chi connectivity index (χ4v) is 2.94. The van der Waals surface area contributed by atoms with E-state index >= 15 is 0 Å². The summed E-state index contributed by atoms with van der Waals surface area (Å²) in [5, 5.41) is 0. The molecule has 220 valence electrons. The van der Waals surface area contributed by atoms with E-state index < -0.39 is 0 Å². The minimum atomic E-state index is 0.703. The maximum atomic E-state index is 10.6. The topological polar surface area (TPSA) is 34.1 Å². The lowest BCUT2D eigenvalue weighted by atomic mass is 10.2. The predicted octanol–water partition coefficient (Wildman–Crippen LogP) is 10.8. The van der Waals surface area contributed by atoms with Gasteiger partial charge in [-0.1, -0.05) is 167 Å². The van der Waals surface area contributed by atoms with Crippen molar-refractivity contribution in [1.82, 2.24) is 0 Å². The van der Waals surface area contributed by atoms with E-state index in [0.717, 1.165) is 46.0 Å². The molecule has 0 saturated carbocycles. The van der Waals surface area contributed by atoms with Crippen LogP contribution in [0.4, 0.5) is 0 Å². The summed E-state index contributed by atoms with van der Waals surface area (Å²) in [4.78, 5) is 21.2. The van der Waals surface area contributed by atoms with E-state index in [1.165, 1.54) is 0 Å². The molecule has 0 aliphatic rings. The van der Waals surface area contributed by atoms with Crippen molar-refractivity contribution in [2.45, 2.75) is 55.4 Å². The second-order valence-electron chi connectivity index (χ2n) is 10.1. The average molecular weight is 561 g/mol. The lowest BCUT2D eigenvalue weighted by molar-refractivity contribution is -0.105. The van der Waals surface area contributed by atoms with E-state index in [-0.39, 0.29) is 0 Å². The molecule has 0 fully saturated rings. The Labute approximate surface area is 255 Å². The zero-order chi connectivity index (χ0) is 31.6. The third-order valence-electron chi connectivity index (χ3n) is 5.51. The molecule has 2 heteroatoms. The summed E-state index contributed by atoms with van der Waals surface area (Å²) < 4.78 is 0. The third-order valence-corrected chi connectivity index (χ3v) is 5.51. The highest BCUT2D eigenvalue weighted by atomic mass is 16.1. The van der Waals surface area contributed by atoms with Gasteiger partial charge in [0.2, 0.25) is 0 Å². The molecule has 0 aromatic rings. The number of aldehydes is 2. The second-order valence-corrected chi connectivity index (χ2v) is 10.1. The van der Waals surface area contributed by atoms with Crippen molar-refractivity contribution >= 4 is 12.6 Å². The van der Waals surface area contributed by atoms with Gasteiger partial charge in [-0.2, -0.15) is 0 Å². The standard InChI is InChI=1S/C40H48O2/c1-33(19-11-21-35(3)23-13-25-37(5)27-15-29-39(7)31-41)17-9-10-18-34(2)20-12-22-36(4)24-14-26-38(6)28-16-30-40(8)32-42/h9-32H,1-8H3. The van der Waals surface area contributed by atoms with Crippen molar-refractivity contribution in [2.75, 3.05) is 0 Å². The lowest BCUT2D eigenvalue weighted by Crippen LogP contribution is -1.73. The highest BCUT2D eigenvalue weighted by Gasteiger charge is 1.84. The van der Waals surface area contributed by atoms with Gasteiger partial charge in [0.15, 0.2) is 0 Å². The SMILES string of the molecule is CC(C=O)=CC=CC(C)=CC=CC(C)=CC=CC(C)=CC=CC=C(C)C=CC=C(C)C=CC=C(C)C=CC=C(C)C=O. The highest BCUT2D eigenvalue weighted by molar-refractivity contribution is 5.73. The Kier molecular flexibility index (Phi) is 21.6. The van der Waals surface area contributed by atoms with E-state index in [0.29, 0.717) is 11.1 Å². The van der Waals surface area contributed by atoms with Crippen LogP contribution in [0.1, 0.15) is 55.4 Å². The van der Waals surface area contributed by atoms with Crippen LogP contribution in [0.15, 0.2) is 178 Å². The number of carbonyl (C=O) groups is 2. The Morgan fingerprint density at radius 2 is 0.429 bits per heavy atom. The van der Waals surface area contributed by atoms with Gasteiger partial charge in [0.05, 0.1) is 0 Å². The average Bonchev–Trinajstić information content (AvgIpc) is 2.95. The van der Waals surface area contributed by atoms with Gasteiger partial charge in [-0.05, 0) is 66.5 Å². The number of carbonyl (C=O) groups excluding carboxylic acids is 2. The molecule has 0 radical (unpaired) electrons. The van der Waals surface area contributed by atoms with Crippen LogP contribution in [-0.2, 0) is 9.59 Å². The van der Waals surface area contributed by atoms with E-state index in [2.05, 4.69) is 88.5 Å². The number of allylic oxidation sites excluding steroid dienone is 30. The molecule has 0 N–H and O–H groups in total. The molecule has 0 spiro atoms. The van der Waals surface area contributed by atoms with Crippen LogP contribution in [-0.4, -0.2) is 12.6 Å². The Morgan fingerprint density at radius 1 is 0.262 bits per heavy atom. The molecular formula is C40H48O2. The minimum Gasteiger partial charge on any atom is -0.298 e. The smallest absolute Gasteiger partial charge is 0.145 e. The summed E-state index contributed by atoms with van der Waals surface area (Å²) in [5.41, 5.74) is 8.27. The molecular weight excluding hydrogens is 512 g/mol. The molecule has 2 nitrogen and oxygen atoms in total. The first-order chi connectivity index (χ1) is 20.1. The second kappa shape index (κ2) is 24.3. The van der Waals surface area contributed by atoms with E-state index in [1.54, 1.807) is 26.0 Å². The van der Waals surface area contributed by atoms with Crippen LogP contribution in [0.2, 0.25) is 0 Å². The van der Waals surface area contributed by atoms with Gasteiger partial charge in [0, 0.05) is 0 Å². The first kappa shape index (κ1) is 37.4. The molecule has 0 aromatic heterocycles. The van der Waals surface area contributed by atoms with Crippen LogP contribution in [0.25, 0.3) is 0 Å². The van der Waals surface area contributed by atoms with Crippen molar-refractivity contribution < 1.29 is 9.59 Å². The number of hydrogen-bond donors (Lipinski definition) is 0. The maximum absolute atomic E-state index is 10.6. The molecule has 0 aromatic carbocycles. The predicted molar refractivity (Wildman–Crippen MR) is 186 cm³/mol. The molecule has 0 heterocycles. The van der Waals surface area contributed by atoms with Crippen molar-refractivity contribution in [3.8, 4) is 0 Å². The first-order valence-electron chi connectivity index (χ1n) is 14.1. The Morgan fingerprint density at radius 3 is 0.619 bits per heavy atom. The third kappa shape index (κ3) is 23.3. The fourth-order valence-electron chi connectivity index (χ4n) is 2.94. The van der Waals surface area contributed by atoms with Gasteiger partial charge < -0.3 is 0 Å². The van der Waals surface area contributed by atoms with E-state index in [1.807, 2.05) is 74.6 Å². The monoisotopic (exact) mass is 560 g/mol. The van der Waals surface area contributed by atoms with Gasteiger partial charge in [-0.15, -0.1) is 0 Å². The van der Waals surface area contributed by atoms with Crippen LogP contribution < -0.4 is 0 Å². The first-order valence-corrected chi connectivity index (χ1v) is 14.1. The largest absolute Gasteiger partial charge is 0.298 e. The van der Waals surface area contributed by atoms with Gasteiger partial charge in [0.1, 0.15) is 12.6 Å². The Balaban J connectivity index is 4.84. The molecule has 0 rings (SSSR count). The summed E-state index contributed by atoms with van der Waals surface area (Å²) >= 11 is 0. The molecule has 0 bridgehead atoms. The van der Waals surface area contributed by atoms with Crippen LogP contribution in [0.5, 0.6) is 0 Å². The lowest BCUT2D eigenvalue weighted by Gasteiger charge is -1.91. The van der Waals surface area contributed by atoms with Gasteiger partial charge in [-0.25, -0.2) is 0 Å². The maximum Gasteiger partial charge on any atom is 0.145 e. The molecule has 0 amide bonds. The quantitative estimate of drug-likeness (QED) is 0.107. The van der Waals surface area contributed by atoms with Gasteiger partial charge in [0.25, 0.3) is 0 Å². The zero-order valence-electron chi connectivity index (χ0n) is 26.7. The van der Waals surface area contributed by atoms with Crippen molar-refractivity contribution in [3.05, 3.63) is 178 Å². The molecule has 0 unspecified atom stereocenters. The summed E-state index contributed by atoms with van der Waals surface area (Å²) in [7, 11) is 0. The van der Waals surface area contributed by atoms with E-state index in [4.69, 9.17) is 0 Å². The van der Waals surface area contributed by atoms with Crippen molar-refractivity contribution in [2.24, 2.45) is 0 Å². The number of rotatable bonds is 16. The van der Waals surface area contributed by atoms with Crippen molar-refractivity contribution in [3.63, 3.8) is 0 Å². The summed E-state index contributed by atoms with van der Waals surface area (Å²) in [5.74, 6) is 0. The summed E-state index contributed by atoms with van der Waals surface area (Å²) in [6, 6.07) is 0. The van der Waals surface area contributed by atoms with Crippen LogP contribution in [0, 0.1) is 0 Å². The highest BCUT2D eigenvalue weighted by Crippen LogP contribution is 2.04. The molecule has 0 aliphatic carbocycles. The van der Waals surface area contributed by atoms with Crippen LogP contribution in [0.3, 0.4) is 0 Å². The molecule has 42 heavy (non-hydrogen) atoms. The zero-order valence-corrected chi connectivity index (χ0v) is 26.7. The summed E-state index contributed by atoms with van der Waals surface area (Å²) in [6.45, 7) is 15.9. The summed E-state index contributed by atoms with van der Waals surface area (Å²) in [6.07, 6.45) is 46.0. The number of hydrogen-bond acceptors (Lipinski definition) is 2. The molecule has 0 aliphatic heterocycles. The van der Waals surface area contributed by atoms with Crippen molar-refractivity contribution in [1.29, 1.82) is 0 Å². The molecule has 0 saturated heterocycles.